The Hall–Kier alpha value is -2.18. The molecule has 0 aliphatic heterocycles. The second-order valence-corrected chi connectivity index (χ2v) is 6.27. The van der Waals surface area contributed by atoms with Crippen LogP contribution in [0.4, 0.5) is 0 Å². The van der Waals surface area contributed by atoms with Crippen LogP contribution < -0.4 is 0 Å². The molecule has 0 aromatic rings. The molecule has 25 heavy (non-hydrogen) atoms. The lowest BCUT2D eigenvalue weighted by molar-refractivity contribution is -0.167. The molecule has 0 heterocycles. The molecule has 0 spiro atoms. The number of carbonyl (C=O) groups is 4. The highest BCUT2D eigenvalue weighted by molar-refractivity contribution is 6.05. The van der Waals surface area contributed by atoms with E-state index in [9.17, 15) is 19.2 Å². The first-order chi connectivity index (χ1) is 11.8. The molecule has 1 fully saturated rings. The average molecular weight is 354 g/mol. The number of hydrogen-bond acceptors (Lipinski definition) is 7. The van der Waals surface area contributed by atoms with Crippen molar-refractivity contribution in [3.63, 3.8) is 0 Å². The van der Waals surface area contributed by atoms with Gasteiger partial charge in [-0.05, 0) is 39.5 Å². The quantitative estimate of drug-likeness (QED) is 0.284. The normalized spacial score (nSPS) is 20.6. The maximum atomic E-state index is 12.3. The van der Waals surface area contributed by atoms with Crippen LogP contribution in [0.5, 0.6) is 0 Å². The van der Waals surface area contributed by atoms with Crippen molar-refractivity contribution in [2.24, 2.45) is 10.8 Å². The molecule has 1 unspecified atom stereocenters. The van der Waals surface area contributed by atoms with Crippen molar-refractivity contribution in [2.75, 3.05) is 20.8 Å². The second kappa shape index (κ2) is 8.78. The molecule has 0 N–H and O–H groups in total. The van der Waals surface area contributed by atoms with Gasteiger partial charge in [0.25, 0.3) is 0 Å². The summed E-state index contributed by atoms with van der Waals surface area (Å²) in [4.78, 5) is 48.3. The van der Waals surface area contributed by atoms with Crippen LogP contribution in [0.1, 0.15) is 46.0 Å². The number of methoxy groups -OCH3 is 2. The lowest BCUT2D eigenvalue weighted by Gasteiger charge is -2.24. The summed E-state index contributed by atoms with van der Waals surface area (Å²) in [5.41, 5.74) is -2.63. The predicted octanol–water partition coefficient (Wildman–Crippen LogP) is 1.98. The van der Waals surface area contributed by atoms with Crippen LogP contribution in [-0.4, -0.2) is 44.5 Å². The SMILES string of the molecule is CCOC(=O)C1(C/C=C/CC(C)(C(=O)OC)C(=O)OC)CCCC1=O. The summed E-state index contributed by atoms with van der Waals surface area (Å²) in [6.07, 6.45) is 4.91. The van der Waals surface area contributed by atoms with E-state index in [2.05, 4.69) is 9.47 Å². The van der Waals surface area contributed by atoms with Crippen LogP contribution in [0, 0.1) is 10.8 Å². The maximum absolute atomic E-state index is 12.3. The van der Waals surface area contributed by atoms with Crippen LogP contribution in [0.3, 0.4) is 0 Å². The standard InChI is InChI=1S/C18H26O7/c1-5-25-16(22)18(12-8-9-13(18)19)11-7-6-10-17(2,14(20)23-3)15(21)24-4/h6-7H,5,8-12H2,1-4H3/b7-6+. The number of ether oxygens (including phenoxy) is 3. The van der Waals surface area contributed by atoms with Crippen LogP contribution >= 0.6 is 0 Å². The number of allylic oxidation sites excluding steroid dienone is 2. The van der Waals surface area contributed by atoms with Crippen LogP contribution in [0.25, 0.3) is 0 Å². The van der Waals surface area contributed by atoms with E-state index in [1.165, 1.54) is 21.1 Å². The Morgan fingerprint density at radius 2 is 1.76 bits per heavy atom. The van der Waals surface area contributed by atoms with Crippen molar-refractivity contribution in [3.8, 4) is 0 Å². The fraction of sp³-hybridized carbons (Fsp3) is 0.667. The van der Waals surface area contributed by atoms with E-state index in [4.69, 9.17) is 4.74 Å². The maximum Gasteiger partial charge on any atom is 0.323 e. The molecule has 1 saturated carbocycles. The van der Waals surface area contributed by atoms with Crippen molar-refractivity contribution in [1.29, 1.82) is 0 Å². The van der Waals surface area contributed by atoms with Crippen molar-refractivity contribution in [1.82, 2.24) is 0 Å². The summed E-state index contributed by atoms with van der Waals surface area (Å²) in [6.45, 7) is 3.33. The minimum atomic E-state index is -1.48. The summed E-state index contributed by atoms with van der Waals surface area (Å²) in [5.74, 6) is -2.05. The monoisotopic (exact) mass is 354 g/mol. The lowest BCUT2D eigenvalue weighted by atomic mass is 9.80. The van der Waals surface area contributed by atoms with Gasteiger partial charge in [-0.15, -0.1) is 0 Å². The van der Waals surface area contributed by atoms with Gasteiger partial charge in [-0.3, -0.25) is 19.2 Å². The van der Waals surface area contributed by atoms with Crippen molar-refractivity contribution in [2.45, 2.75) is 46.0 Å². The van der Waals surface area contributed by atoms with Crippen LogP contribution in [0.2, 0.25) is 0 Å². The van der Waals surface area contributed by atoms with Gasteiger partial charge >= 0.3 is 17.9 Å². The molecule has 1 aliphatic rings. The van der Waals surface area contributed by atoms with Crippen LogP contribution in [-0.2, 0) is 33.4 Å². The summed E-state index contributed by atoms with van der Waals surface area (Å²) >= 11 is 0. The highest BCUT2D eigenvalue weighted by atomic mass is 16.5. The zero-order valence-corrected chi connectivity index (χ0v) is 15.3. The Kier molecular flexibility index (Phi) is 7.33. The third-order valence-electron chi connectivity index (χ3n) is 4.64. The van der Waals surface area contributed by atoms with E-state index in [0.717, 1.165) is 0 Å². The van der Waals surface area contributed by atoms with Crippen LogP contribution in [0.15, 0.2) is 12.2 Å². The summed E-state index contributed by atoms with van der Waals surface area (Å²) < 4.78 is 14.4. The number of esters is 3. The summed E-state index contributed by atoms with van der Waals surface area (Å²) in [5, 5.41) is 0. The molecule has 0 radical (unpaired) electrons. The molecule has 1 aliphatic carbocycles. The Balaban J connectivity index is 2.89. The number of Topliss-reactive ketones (excluding diaryl/α,β-unsaturated/α-hetero) is 1. The van der Waals surface area contributed by atoms with E-state index in [-0.39, 0.29) is 25.2 Å². The highest BCUT2D eigenvalue weighted by Crippen LogP contribution is 2.40. The molecule has 0 bridgehead atoms. The first-order valence-corrected chi connectivity index (χ1v) is 8.31. The topological polar surface area (TPSA) is 96.0 Å². The Bertz CT molecular complexity index is 548. The zero-order chi connectivity index (χ0) is 19.1. The smallest absolute Gasteiger partial charge is 0.323 e. The molecule has 140 valence electrons. The van der Waals surface area contributed by atoms with Gasteiger partial charge in [0.1, 0.15) is 5.41 Å². The first-order valence-electron chi connectivity index (χ1n) is 8.31. The fourth-order valence-electron chi connectivity index (χ4n) is 3.02. The van der Waals surface area contributed by atoms with Gasteiger partial charge in [0.05, 0.1) is 20.8 Å². The molecule has 0 aromatic heterocycles. The molecule has 1 atom stereocenters. The number of carbonyl (C=O) groups excluding carboxylic acids is 4. The third-order valence-corrected chi connectivity index (χ3v) is 4.64. The Morgan fingerprint density at radius 3 is 2.20 bits per heavy atom. The minimum Gasteiger partial charge on any atom is -0.468 e. The second-order valence-electron chi connectivity index (χ2n) is 6.27. The zero-order valence-electron chi connectivity index (χ0n) is 15.3. The van der Waals surface area contributed by atoms with Crippen molar-refractivity contribution >= 4 is 23.7 Å². The van der Waals surface area contributed by atoms with E-state index in [1.54, 1.807) is 19.1 Å². The fourth-order valence-corrected chi connectivity index (χ4v) is 3.02. The average Bonchev–Trinajstić information content (AvgIpc) is 2.98. The predicted molar refractivity (Wildman–Crippen MR) is 88.4 cm³/mol. The molecule has 1 rings (SSSR count). The van der Waals surface area contributed by atoms with E-state index in [0.29, 0.717) is 19.3 Å². The molecular formula is C18H26O7. The molecule has 0 amide bonds. The lowest BCUT2D eigenvalue weighted by Crippen LogP contribution is -2.38. The third kappa shape index (κ3) is 4.27. The van der Waals surface area contributed by atoms with Gasteiger partial charge in [-0.2, -0.15) is 0 Å². The summed E-state index contributed by atoms with van der Waals surface area (Å²) in [6, 6.07) is 0. The molecule has 7 nitrogen and oxygen atoms in total. The largest absolute Gasteiger partial charge is 0.468 e. The number of hydrogen-bond donors (Lipinski definition) is 0. The van der Waals surface area contributed by atoms with Gasteiger partial charge in [0.15, 0.2) is 11.2 Å². The number of ketones is 1. The highest BCUT2D eigenvalue weighted by Gasteiger charge is 2.49. The van der Waals surface area contributed by atoms with Gasteiger partial charge in [-0.25, -0.2) is 0 Å². The molecular weight excluding hydrogens is 328 g/mol. The van der Waals surface area contributed by atoms with Gasteiger partial charge in [-0.1, -0.05) is 12.2 Å². The number of rotatable bonds is 8. The minimum absolute atomic E-state index is 0.0411. The van der Waals surface area contributed by atoms with Gasteiger partial charge in [0.2, 0.25) is 0 Å². The summed E-state index contributed by atoms with van der Waals surface area (Å²) in [7, 11) is 2.39. The van der Waals surface area contributed by atoms with Crippen molar-refractivity contribution < 1.29 is 33.4 Å². The van der Waals surface area contributed by atoms with Gasteiger partial charge < -0.3 is 14.2 Å². The Labute approximate surface area is 147 Å². The Morgan fingerprint density at radius 1 is 1.16 bits per heavy atom. The van der Waals surface area contributed by atoms with E-state index < -0.39 is 28.7 Å². The van der Waals surface area contributed by atoms with Crippen molar-refractivity contribution in [3.05, 3.63) is 12.2 Å². The first kappa shape index (κ1) is 20.9. The molecule has 0 aromatic carbocycles. The molecule has 7 heteroatoms. The molecule has 0 saturated heterocycles. The van der Waals surface area contributed by atoms with E-state index >= 15 is 0 Å². The van der Waals surface area contributed by atoms with E-state index in [1.807, 2.05) is 0 Å². The van der Waals surface area contributed by atoms with Gasteiger partial charge in [0, 0.05) is 6.42 Å².